The molecule has 0 saturated carbocycles. The van der Waals surface area contributed by atoms with Crippen LogP contribution in [0.5, 0.6) is 5.88 Å². The lowest BCUT2D eigenvalue weighted by atomic mass is 10.3. The highest BCUT2D eigenvalue weighted by Crippen LogP contribution is 2.33. The van der Waals surface area contributed by atoms with E-state index in [0.717, 1.165) is 0 Å². The number of nitrogens with two attached hydrogens (primary N) is 1. The number of thioether (sulfide) groups is 1. The van der Waals surface area contributed by atoms with E-state index in [4.69, 9.17) is 22.1 Å². The minimum absolute atomic E-state index is 0.0234. The maximum absolute atomic E-state index is 13.9. The third kappa shape index (κ3) is 2.15. The Bertz CT molecular complexity index is 610. The van der Waals surface area contributed by atoms with Crippen molar-refractivity contribution in [2.75, 3.05) is 18.6 Å². The van der Waals surface area contributed by atoms with Crippen LogP contribution >= 0.6 is 23.4 Å². The molecule has 8 heteroatoms. The van der Waals surface area contributed by atoms with Gasteiger partial charge in [0.15, 0.2) is 16.1 Å². The predicted octanol–water partition coefficient (Wildman–Crippen LogP) is 2.52. The summed E-state index contributed by atoms with van der Waals surface area (Å²) in [4.78, 5) is 11.9. The van der Waals surface area contributed by atoms with Crippen molar-refractivity contribution in [3.8, 4) is 5.88 Å². The van der Waals surface area contributed by atoms with E-state index in [-0.39, 0.29) is 27.8 Å². The number of aromatic nitrogens is 3. The van der Waals surface area contributed by atoms with Crippen molar-refractivity contribution in [1.82, 2.24) is 15.0 Å². The molecule has 2 heterocycles. The number of nitrogens with zero attached hydrogens (tertiary/aromatic N) is 3. The first-order valence-electron chi connectivity index (χ1n) is 5.07. The molecule has 96 valence electrons. The fraction of sp³-hybridized carbons (Fsp3) is 0.300. The Morgan fingerprint density at radius 3 is 2.72 bits per heavy atom. The molecule has 0 unspecified atom stereocenters. The molecule has 0 aliphatic carbocycles. The van der Waals surface area contributed by atoms with E-state index in [9.17, 15) is 4.39 Å². The van der Waals surface area contributed by atoms with Crippen molar-refractivity contribution in [1.29, 1.82) is 0 Å². The molecular formula is C10H10ClFN4OS. The molecule has 0 radical (unpaired) electrons. The number of hydrogen-bond donors (Lipinski definition) is 1. The number of hydrogen-bond acceptors (Lipinski definition) is 6. The predicted molar refractivity (Wildman–Crippen MR) is 69.7 cm³/mol. The Morgan fingerprint density at radius 2 is 2.11 bits per heavy atom. The van der Waals surface area contributed by atoms with Crippen LogP contribution in [0.2, 0.25) is 5.15 Å². The molecule has 2 rings (SSSR count). The second-order valence-electron chi connectivity index (χ2n) is 3.27. The molecule has 0 spiro atoms. The lowest BCUT2D eigenvalue weighted by Gasteiger charge is -2.10. The molecule has 0 amide bonds. The zero-order chi connectivity index (χ0) is 13.3. The van der Waals surface area contributed by atoms with Crippen LogP contribution in [0.3, 0.4) is 0 Å². The molecule has 0 saturated heterocycles. The highest BCUT2D eigenvalue weighted by Gasteiger charge is 2.19. The number of nitrogen functional groups attached to an aromatic ring is 1. The number of ether oxygens (including phenoxy) is 1. The molecule has 0 aromatic carbocycles. The summed E-state index contributed by atoms with van der Waals surface area (Å²) >= 11 is 6.96. The smallest absolute Gasteiger partial charge is 0.228 e. The quantitative estimate of drug-likeness (QED) is 0.531. The number of rotatable bonds is 3. The average molecular weight is 289 g/mol. The highest BCUT2D eigenvalue weighted by atomic mass is 35.5. The average Bonchev–Trinajstić information content (AvgIpc) is 2.35. The second-order valence-corrected chi connectivity index (χ2v) is 4.41. The minimum Gasteiger partial charge on any atom is -0.477 e. The van der Waals surface area contributed by atoms with Gasteiger partial charge in [-0.1, -0.05) is 23.4 Å². The molecule has 0 bridgehead atoms. The third-order valence-corrected chi connectivity index (χ3v) is 2.98. The van der Waals surface area contributed by atoms with Crippen molar-refractivity contribution in [2.45, 2.75) is 12.1 Å². The Morgan fingerprint density at radius 1 is 1.39 bits per heavy atom. The summed E-state index contributed by atoms with van der Waals surface area (Å²) in [5.41, 5.74) is 5.81. The molecule has 18 heavy (non-hydrogen) atoms. The van der Waals surface area contributed by atoms with Gasteiger partial charge in [-0.15, -0.1) is 0 Å². The zero-order valence-electron chi connectivity index (χ0n) is 9.70. The Balaban J connectivity index is 2.84. The van der Waals surface area contributed by atoms with Gasteiger partial charge in [-0.3, -0.25) is 0 Å². The van der Waals surface area contributed by atoms with Gasteiger partial charge in [0.1, 0.15) is 16.7 Å². The fourth-order valence-electron chi connectivity index (χ4n) is 1.45. The molecule has 5 nitrogen and oxygen atoms in total. The normalized spacial score (nSPS) is 10.9. The summed E-state index contributed by atoms with van der Waals surface area (Å²) in [6.45, 7) is 2.13. The maximum atomic E-state index is 13.9. The van der Waals surface area contributed by atoms with Crippen molar-refractivity contribution in [2.24, 2.45) is 0 Å². The highest BCUT2D eigenvalue weighted by molar-refractivity contribution is 7.98. The van der Waals surface area contributed by atoms with Crippen molar-refractivity contribution >= 4 is 40.1 Å². The summed E-state index contributed by atoms with van der Waals surface area (Å²) in [6.07, 6.45) is 1.77. The van der Waals surface area contributed by atoms with Gasteiger partial charge >= 0.3 is 0 Å². The topological polar surface area (TPSA) is 73.9 Å². The standard InChI is InChI=1S/C10H10ClFN4OS/c1-3-17-9-4-6(5(12)7(11)15-9)14-10(18-2)16-8(4)13/h3H2,1-2H3,(H2,13,14,16). The van der Waals surface area contributed by atoms with Crippen LogP contribution in [0.1, 0.15) is 6.92 Å². The van der Waals surface area contributed by atoms with E-state index in [2.05, 4.69) is 15.0 Å². The van der Waals surface area contributed by atoms with E-state index in [1.165, 1.54) is 11.8 Å². The summed E-state index contributed by atoms with van der Waals surface area (Å²) in [7, 11) is 0. The van der Waals surface area contributed by atoms with E-state index in [1.807, 2.05) is 0 Å². The molecule has 2 aromatic heterocycles. The Kier molecular flexibility index (Phi) is 3.72. The number of anilines is 1. The minimum atomic E-state index is -0.723. The number of halogens is 2. The SMILES string of the molecule is CCOc1nc(Cl)c(F)c2nc(SC)nc(N)c12. The summed E-state index contributed by atoms with van der Waals surface area (Å²) in [5, 5.41) is 0.316. The lowest BCUT2D eigenvalue weighted by molar-refractivity contribution is 0.330. The largest absolute Gasteiger partial charge is 0.477 e. The van der Waals surface area contributed by atoms with Crippen LogP contribution in [-0.4, -0.2) is 27.8 Å². The van der Waals surface area contributed by atoms with Gasteiger partial charge < -0.3 is 10.5 Å². The Labute approximate surface area is 112 Å². The molecule has 0 atom stereocenters. The van der Waals surface area contributed by atoms with Crippen molar-refractivity contribution in [3.63, 3.8) is 0 Å². The molecule has 2 N–H and O–H groups in total. The van der Waals surface area contributed by atoms with Gasteiger partial charge in [0.2, 0.25) is 5.88 Å². The van der Waals surface area contributed by atoms with Gasteiger partial charge in [-0.2, -0.15) is 4.98 Å². The van der Waals surface area contributed by atoms with Gasteiger partial charge in [0.05, 0.1) is 6.61 Å². The first-order valence-corrected chi connectivity index (χ1v) is 6.67. The molecule has 2 aromatic rings. The molecule has 0 aliphatic rings. The van der Waals surface area contributed by atoms with Crippen molar-refractivity contribution in [3.05, 3.63) is 11.0 Å². The van der Waals surface area contributed by atoms with Crippen LogP contribution in [0.4, 0.5) is 10.2 Å². The summed E-state index contributed by atoms with van der Waals surface area (Å²) in [5.74, 6) is -0.459. The van der Waals surface area contributed by atoms with E-state index < -0.39 is 5.82 Å². The zero-order valence-corrected chi connectivity index (χ0v) is 11.3. The van der Waals surface area contributed by atoms with Crippen LogP contribution in [0.15, 0.2) is 5.16 Å². The first-order chi connectivity index (χ1) is 8.58. The lowest BCUT2D eigenvalue weighted by Crippen LogP contribution is -2.04. The van der Waals surface area contributed by atoms with Crippen LogP contribution in [0, 0.1) is 5.82 Å². The van der Waals surface area contributed by atoms with Crippen molar-refractivity contribution < 1.29 is 9.13 Å². The third-order valence-electron chi connectivity index (χ3n) is 2.18. The fourth-order valence-corrected chi connectivity index (χ4v) is 1.99. The first kappa shape index (κ1) is 13.1. The maximum Gasteiger partial charge on any atom is 0.228 e. The summed E-state index contributed by atoms with van der Waals surface area (Å²) in [6, 6.07) is 0. The van der Waals surface area contributed by atoms with Crippen LogP contribution < -0.4 is 10.5 Å². The monoisotopic (exact) mass is 288 g/mol. The number of fused-ring (bicyclic) bond motifs is 1. The van der Waals surface area contributed by atoms with E-state index in [1.54, 1.807) is 13.2 Å². The van der Waals surface area contributed by atoms with Gasteiger partial charge in [-0.25, -0.2) is 14.4 Å². The number of pyridine rings is 1. The Hall–Kier alpha value is -1.34. The van der Waals surface area contributed by atoms with Crippen LogP contribution in [0.25, 0.3) is 10.9 Å². The van der Waals surface area contributed by atoms with Crippen LogP contribution in [-0.2, 0) is 0 Å². The summed E-state index contributed by atoms with van der Waals surface area (Å²) < 4.78 is 19.2. The molecule has 0 fully saturated rings. The molecule has 0 aliphatic heterocycles. The second kappa shape index (κ2) is 5.11. The van der Waals surface area contributed by atoms with Gasteiger partial charge in [-0.05, 0) is 13.2 Å². The van der Waals surface area contributed by atoms with Gasteiger partial charge in [0.25, 0.3) is 0 Å². The van der Waals surface area contributed by atoms with E-state index in [0.29, 0.717) is 11.8 Å². The van der Waals surface area contributed by atoms with Gasteiger partial charge in [0, 0.05) is 0 Å². The molecular weight excluding hydrogens is 279 g/mol. The van der Waals surface area contributed by atoms with E-state index >= 15 is 0 Å².